The first-order valence-corrected chi connectivity index (χ1v) is 7.12. The van der Waals surface area contributed by atoms with E-state index in [9.17, 15) is 4.21 Å². The highest BCUT2D eigenvalue weighted by Gasteiger charge is 2.32. The van der Waals surface area contributed by atoms with Crippen molar-refractivity contribution >= 4 is 10.8 Å². The molecule has 0 bridgehead atoms. The molecule has 0 N–H and O–H groups in total. The van der Waals surface area contributed by atoms with Gasteiger partial charge >= 0.3 is 0 Å². The van der Waals surface area contributed by atoms with Crippen LogP contribution in [0, 0.1) is 0 Å². The van der Waals surface area contributed by atoms with Crippen molar-refractivity contribution in [1.29, 1.82) is 0 Å². The molecule has 1 rings (SSSR count). The predicted molar refractivity (Wildman–Crippen MR) is 65.3 cm³/mol. The van der Waals surface area contributed by atoms with Gasteiger partial charge in [0.1, 0.15) is 6.61 Å². The van der Waals surface area contributed by atoms with E-state index in [1.807, 2.05) is 13.0 Å². The fourth-order valence-electron chi connectivity index (χ4n) is 1.90. The van der Waals surface area contributed by atoms with Crippen LogP contribution in [0.5, 0.6) is 0 Å². The highest BCUT2D eigenvalue weighted by Crippen LogP contribution is 2.26. The Hall–Kier alpha value is -0.310. The summed E-state index contributed by atoms with van der Waals surface area (Å²) in [6, 6.07) is 0. The minimum atomic E-state index is -0.734. The smallest absolute Gasteiger partial charge is 0.104 e. The molecule has 2 unspecified atom stereocenters. The zero-order valence-corrected chi connectivity index (χ0v) is 10.6. The van der Waals surface area contributed by atoms with Gasteiger partial charge in [0, 0.05) is 16.6 Å². The third kappa shape index (κ3) is 3.98. The SMILES string of the molecule is C/C=C/OCC1(C)CCCCCCS1=O. The first-order valence-electron chi connectivity index (χ1n) is 5.80. The van der Waals surface area contributed by atoms with Crippen molar-refractivity contribution in [2.75, 3.05) is 12.4 Å². The molecule has 15 heavy (non-hydrogen) atoms. The zero-order valence-electron chi connectivity index (χ0n) is 9.83. The Morgan fingerprint density at radius 2 is 2.07 bits per heavy atom. The quantitative estimate of drug-likeness (QED) is 0.697. The number of allylic oxidation sites excluding steroid dienone is 1. The molecule has 88 valence electrons. The monoisotopic (exact) mass is 230 g/mol. The normalized spacial score (nSPS) is 33.6. The van der Waals surface area contributed by atoms with Crippen molar-refractivity contribution in [2.24, 2.45) is 0 Å². The fourth-order valence-corrected chi connectivity index (χ4v) is 3.44. The first kappa shape index (κ1) is 12.8. The van der Waals surface area contributed by atoms with Crippen LogP contribution in [0.25, 0.3) is 0 Å². The Morgan fingerprint density at radius 3 is 2.80 bits per heavy atom. The van der Waals surface area contributed by atoms with Gasteiger partial charge in [-0.2, -0.15) is 0 Å². The number of hydrogen-bond acceptors (Lipinski definition) is 2. The maximum atomic E-state index is 12.1. The van der Waals surface area contributed by atoms with Crippen LogP contribution in [0.15, 0.2) is 12.3 Å². The lowest BCUT2D eigenvalue weighted by molar-refractivity contribution is 0.208. The minimum Gasteiger partial charge on any atom is -0.500 e. The molecular weight excluding hydrogens is 208 g/mol. The summed E-state index contributed by atoms with van der Waals surface area (Å²) in [5, 5.41) is 0. The van der Waals surface area contributed by atoms with E-state index in [4.69, 9.17) is 4.74 Å². The fraction of sp³-hybridized carbons (Fsp3) is 0.833. The van der Waals surface area contributed by atoms with Gasteiger partial charge in [-0.25, -0.2) is 0 Å². The summed E-state index contributed by atoms with van der Waals surface area (Å²) in [7, 11) is -0.734. The molecule has 0 radical (unpaired) electrons. The van der Waals surface area contributed by atoms with Crippen LogP contribution >= 0.6 is 0 Å². The highest BCUT2D eigenvalue weighted by molar-refractivity contribution is 7.86. The molecule has 0 amide bonds. The van der Waals surface area contributed by atoms with Crippen molar-refractivity contribution in [3.8, 4) is 0 Å². The van der Waals surface area contributed by atoms with Gasteiger partial charge in [-0.05, 0) is 26.7 Å². The van der Waals surface area contributed by atoms with Gasteiger partial charge in [-0.15, -0.1) is 0 Å². The largest absolute Gasteiger partial charge is 0.500 e. The molecule has 0 aromatic carbocycles. The Labute approximate surface area is 95.5 Å². The molecule has 1 heterocycles. The van der Waals surface area contributed by atoms with Crippen molar-refractivity contribution in [3.63, 3.8) is 0 Å². The number of hydrogen-bond donors (Lipinski definition) is 0. The van der Waals surface area contributed by atoms with Crippen molar-refractivity contribution in [3.05, 3.63) is 12.3 Å². The van der Waals surface area contributed by atoms with E-state index in [-0.39, 0.29) is 4.75 Å². The molecule has 1 fully saturated rings. The van der Waals surface area contributed by atoms with E-state index in [1.165, 1.54) is 19.3 Å². The van der Waals surface area contributed by atoms with E-state index >= 15 is 0 Å². The Kier molecular flexibility index (Phi) is 5.37. The predicted octanol–water partition coefficient (Wildman–Crippen LogP) is 3.01. The second-order valence-corrected chi connectivity index (χ2v) is 6.53. The highest BCUT2D eigenvalue weighted by atomic mass is 32.2. The molecule has 0 spiro atoms. The van der Waals surface area contributed by atoms with Crippen LogP contribution in [-0.2, 0) is 15.5 Å². The van der Waals surface area contributed by atoms with Crippen LogP contribution in [0.1, 0.15) is 46.0 Å². The van der Waals surface area contributed by atoms with Gasteiger partial charge < -0.3 is 4.74 Å². The average molecular weight is 230 g/mol. The van der Waals surface area contributed by atoms with E-state index < -0.39 is 10.8 Å². The summed E-state index contributed by atoms with van der Waals surface area (Å²) < 4.78 is 17.4. The first-order chi connectivity index (χ1) is 7.19. The molecule has 1 saturated heterocycles. The van der Waals surface area contributed by atoms with Gasteiger partial charge in [0.05, 0.1) is 11.0 Å². The van der Waals surface area contributed by atoms with E-state index in [0.29, 0.717) is 6.61 Å². The summed E-state index contributed by atoms with van der Waals surface area (Å²) >= 11 is 0. The van der Waals surface area contributed by atoms with E-state index in [2.05, 4.69) is 6.92 Å². The molecule has 1 aliphatic heterocycles. The van der Waals surface area contributed by atoms with Crippen molar-refractivity contribution < 1.29 is 8.95 Å². The lowest BCUT2D eigenvalue weighted by Gasteiger charge is -2.29. The summed E-state index contributed by atoms with van der Waals surface area (Å²) in [4.78, 5) is 0. The van der Waals surface area contributed by atoms with Crippen molar-refractivity contribution in [2.45, 2.75) is 50.7 Å². The molecule has 0 saturated carbocycles. The number of ether oxygens (including phenoxy) is 1. The molecule has 1 aliphatic rings. The average Bonchev–Trinajstić information content (AvgIpc) is 2.21. The Bertz CT molecular complexity index is 238. The minimum absolute atomic E-state index is 0.139. The second-order valence-electron chi connectivity index (χ2n) is 4.44. The van der Waals surface area contributed by atoms with E-state index in [1.54, 1.807) is 6.26 Å². The second kappa shape index (κ2) is 6.31. The van der Waals surface area contributed by atoms with Gasteiger partial charge in [0.15, 0.2) is 0 Å². The molecule has 0 aromatic heterocycles. The maximum absolute atomic E-state index is 12.1. The zero-order chi connectivity index (χ0) is 11.1. The molecule has 0 aromatic rings. The lowest BCUT2D eigenvalue weighted by atomic mass is 10.0. The van der Waals surface area contributed by atoms with Gasteiger partial charge in [-0.3, -0.25) is 4.21 Å². The van der Waals surface area contributed by atoms with Gasteiger partial charge in [-0.1, -0.05) is 25.3 Å². The summed E-state index contributed by atoms with van der Waals surface area (Å²) in [6.07, 6.45) is 9.38. The molecule has 2 atom stereocenters. The Morgan fingerprint density at radius 1 is 1.33 bits per heavy atom. The van der Waals surface area contributed by atoms with Crippen LogP contribution in [0.3, 0.4) is 0 Å². The molecule has 2 nitrogen and oxygen atoms in total. The number of rotatable bonds is 3. The van der Waals surface area contributed by atoms with Gasteiger partial charge in [0.2, 0.25) is 0 Å². The third-order valence-electron chi connectivity index (χ3n) is 2.96. The van der Waals surface area contributed by atoms with Crippen molar-refractivity contribution in [1.82, 2.24) is 0 Å². The van der Waals surface area contributed by atoms with Gasteiger partial charge in [0.25, 0.3) is 0 Å². The lowest BCUT2D eigenvalue weighted by Crippen LogP contribution is -2.37. The van der Waals surface area contributed by atoms with E-state index in [0.717, 1.165) is 18.6 Å². The topological polar surface area (TPSA) is 26.3 Å². The molecule has 0 aliphatic carbocycles. The van der Waals surface area contributed by atoms with Crippen LogP contribution in [0.2, 0.25) is 0 Å². The molecular formula is C12H22O2S. The third-order valence-corrected chi connectivity index (χ3v) is 5.04. The molecule has 3 heteroatoms. The van der Waals surface area contributed by atoms with Crippen LogP contribution < -0.4 is 0 Å². The summed E-state index contributed by atoms with van der Waals surface area (Å²) in [5.41, 5.74) is 0. The maximum Gasteiger partial charge on any atom is 0.104 e. The standard InChI is InChI=1S/C12H22O2S/c1-3-9-14-11-12(2)8-6-4-5-7-10-15(12)13/h3,9H,4-8,10-11H2,1-2H3/b9-3+. The summed E-state index contributed by atoms with van der Waals surface area (Å²) in [5.74, 6) is 0.843. The Balaban J connectivity index is 2.54. The summed E-state index contributed by atoms with van der Waals surface area (Å²) in [6.45, 7) is 4.61. The van der Waals surface area contributed by atoms with Crippen LogP contribution in [0.4, 0.5) is 0 Å². The van der Waals surface area contributed by atoms with Crippen LogP contribution in [-0.4, -0.2) is 21.3 Å².